The van der Waals surface area contributed by atoms with Gasteiger partial charge in [0.25, 0.3) is 0 Å². The number of carboxylic acids is 1. The zero-order valence-corrected chi connectivity index (χ0v) is 11.9. The molecule has 0 aliphatic carbocycles. The van der Waals surface area contributed by atoms with Gasteiger partial charge in [0.15, 0.2) is 0 Å². The lowest BCUT2D eigenvalue weighted by atomic mass is 10.00. The molecule has 0 saturated heterocycles. The number of benzene rings is 1. The minimum absolute atomic E-state index is 0.230. The summed E-state index contributed by atoms with van der Waals surface area (Å²) in [5.41, 5.74) is 2.51. The van der Waals surface area contributed by atoms with E-state index < -0.39 is 5.97 Å². The lowest BCUT2D eigenvalue weighted by molar-refractivity contribution is -0.138. The van der Waals surface area contributed by atoms with Crippen LogP contribution >= 0.6 is 15.9 Å². The van der Waals surface area contributed by atoms with Gasteiger partial charge in [0.05, 0.1) is 6.54 Å². The number of nitrogens with zero attached hydrogens (tertiary/aromatic N) is 1. The Bertz CT molecular complexity index is 505. The topological polar surface area (TPSA) is 69.6 Å². The van der Waals surface area contributed by atoms with Crippen LogP contribution in [0.3, 0.4) is 0 Å². The third kappa shape index (κ3) is 3.78. The highest BCUT2D eigenvalue weighted by Gasteiger charge is 2.20. The highest BCUT2D eigenvalue weighted by Crippen LogP contribution is 2.26. The predicted octanol–water partition coefficient (Wildman–Crippen LogP) is 1.01. The first-order chi connectivity index (χ1) is 9.06. The van der Waals surface area contributed by atoms with Crippen molar-refractivity contribution in [2.45, 2.75) is 13.0 Å². The summed E-state index contributed by atoms with van der Waals surface area (Å²) in [5.74, 6) is -1.28. The van der Waals surface area contributed by atoms with E-state index in [-0.39, 0.29) is 19.0 Å². The Hall–Kier alpha value is -1.40. The maximum atomic E-state index is 11.6. The third-order valence-electron chi connectivity index (χ3n) is 3.10. The van der Waals surface area contributed by atoms with Crippen LogP contribution in [-0.2, 0) is 22.6 Å². The smallest absolute Gasteiger partial charge is 0.322 e. The van der Waals surface area contributed by atoms with Crippen molar-refractivity contribution < 1.29 is 14.7 Å². The number of hydrogen-bond acceptors (Lipinski definition) is 3. The van der Waals surface area contributed by atoms with Crippen LogP contribution in [0.4, 0.5) is 0 Å². The predicted molar refractivity (Wildman–Crippen MR) is 73.8 cm³/mol. The molecule has 0 radical (unpaired) electrons. The number of carboxylic acid groups (broad SMARTS) is 1. The van der Waals surface area contributed by atoms with Crippen LogP contribution in [0.2, 0.25) is 0 Å². The number of fused-ring (bicyclic) bond motifs is 1. The Morgan fingerprint density at radius 3 is 2.95 bits per heavy atom. The molecule has 102 valence electrons. The van der Waals surface area contributed by atoms with Crippen molar-refractivity contribution >= 4 is 27.8 Å². The molecule has 1 heterocycles. The van der Waals surface area contributed by atoms with E-state index in [2.05, 4.69) is 27.3 Å². The summed E-state index contributed by atoms with van der Waals surface area (Å²) in [6.07, 6.45) is 0.904. The first kappa shape index (κ1) is 14.0. The Kier molecular flexibility index (Phi) is 4.55. The summed E-state index contributed by atoms with van der Waals surface area (Å²) in [6.45, 7) is 1.42. The molecule has 1 aliphatic heterocycles. The fourth-order valence-electron chi connectivity index (χ4n) is 2.16. The quantitative estimate of drug-likeness (QED) is 0.866. The van der Waals surface area contributed by atoms with Gasteiger partial charge in [0, 0.05) is 17.6 Å². The molecule has 0 saturated carbocycles. The number of carbonyl (C=O) groups excluding carboxylic acids is 1. The fraction of sp³-hybridized carbons (Fsp3) is 0.385. The zero-order chi connectivity index (χ0) is 13.8. The Morgan fingerprint density at radius 1 is 1.42 bits per heavy atom. The van der Waals surface area contributed by atoms with Crippen molar-refractivity contribution in [1.29, 1.82) is 0 Å². The second-order valence-electron chi connectivity index (χ2n) is 4.51. The van der Waals surface area contributed by atoms with Gasteiger partial charge in [-0.2, -0.15) is 0 Å². The summed E-state index contributed by atoms with van der Waals surface area (Å²) in [6, 6.07) is 6.10. The van der Waals surface area contributed by atoms with Crippen LogP contribution < -0.4 is 5.32 Å². The average Bonchev–Trinajstić information content (AvgIpc) is 2.37. The minimum Gasteiger partial charge on any atom is -0.480 e. The largest absolute Gasteiger partial charge is 0.480 e. The highest BCUT2D eigenvalue weighted by molar-refractivity contribution is 9.10. The lowest BCUT2D eigenvalue weighted by Crippen LogP contribution is -2.41. The molecule has 5 nitrogen and oxygen atoms in total. The van der Waals surface area contributed by atoms with E-state index in [1.807, 2.05) is 17.0 Å². The van der Waals surface area contributed by atoms with E-state index >= 15 is 0 Å². The number of halogens is 1. The van der Waals surface area contributed by atoms with Gasteiger partial charge in [-0.25, -0.2) is 0 Å². The first-order valence-electron chi connectivity index (χ1n) is 6.03. The van der Waals surface area contributed by atoms with Gasteiger partial charge < -0.3 is 10.4 Å². The van der Waals surface area contributed by atoms with E-state index in [9.17, 15) is 9.59 Å². The van der Waals surface area contributed by atoms with E-state index in [0.717, 1.165) is 17.4 Å². The van der Waals surface area contributed by atoms with Crippen molar-refractivity contribution in [3.8, 4) is 0 Å². The molecule has 0 atom stereocenters. The molecule has 1 amide bonds. The Balaban J connectivity index is 1.93. The van der Waals surface area contributed by atoms with Gasteiger partial charge in [0.1, 0.15) is 6.54 Å². The molecule has 0 fully saturated rings. The van der Waals surface area contributed by atoms with Crippen LogP contribution in [0.25, 0.3) is 0 Å². The van der Waals surface area contributed by atoms with E-state index in [1.165, 1.54) is 11.1 Å². The van der Waals surface area contributed by atoms with Crippen LogP contribution in [0.5, 0.6) is 0 Å². The second-order valence-corrected chi connectivity index (χ2v) is 5.36. The van der Waals surface area contributed by atoms with Crippen molar-refractivity contribution in [3.05, 3.63) is 33.8 Å². The van der Waals surface area contributed by atoms with Crippen LogP contribution in [0.15, 0.2) is 22.7 Å². The van der Waals surface area contributed by atoms with Crippen molar-refractivity contribution in [1.82, 2.24) is 10.2 Å². The SMILES string of the molecule is O=C(O)CNC(=O)CN1CCc2cccc(Br)c2C1. The average molecular weight is 327 g/mol. The number of aliphatic carboxylic acids is 1. The fourth-order valence-corrected chi connectivity index (χ4v) is 2.70. The molecule has 0 unspecified atom stereocenters. The molecule has 0 spiro atoms. The van der Waals surface area contributed by atoms with Gasteiger partial charge in [-0.05, 0) is 23.6 Å². The Morgan fingerprint density at radius 2 is 2.21 bits per heavy atom. The maximum Gasteiger partial charge on any atom is 0.322 e. The number of carbonyl (C=O) groups is 2. The summed E-state index contributed by atoms with van der Waals surface area (Å²) in [5, 5.41) is 10.9. The van der Waals surface area contributed by atoms with Gasteiger partial charge in [0.2, 0.25) is 5.91 Å². The van der Waals surface area contributed by atoms with Gasteiger partial charge in [-0.3, -0.25) is 14.5 Å². The molecular formula is C13H15BrN2O3. The van der Waals surface area contributed by atoms with Crippen LogP contribution in [-0.4, -0.2) is 41.5 Å². The molecule has 1 aliphatic rings. The maximum absolute atomic E-state index is 11.6. The second kappa shape index (κ2) is 6.16. The van der Waals surface area contributed by atoms with Gasteiger partial charge >= 0.3 is 5.97 Å². The van der Waals surface area contributed by atoms with Gasteiger partial charge in [-0.15, -0.1) is 0 Å². The molecule has 0 bridgehead atoms. The van der Waals surface area contributed by atoms with E-state index in [4.69, 9.17) is 5.11 Å². The van der Waals surface area contributed by atoms with Crippen LogP contribution in [0, 0.1) is 0 Å². The lowest BCUT2D eigenvalue weighted by Gasteiger charge is -2.28. The summed E-state index contributed by atoms with van der Waals surface area (Å²) < 4.78 is 1.06. The summed E-state index contributed by atoms with van der Waals surface area (Å²) in [4.78, 5) is 24.0. The number of amides is 1. The van der Waals surface area contributed by atoms with Crippen molar-refractivity contribution in [2.24, 2.45) is 0 Å². The number of hydrogen-bond donors (Lipinski definition) is 2. The van der Waals surface area contributed by atoms with Gasteiger partial charge in [-0.1, -0.05) is 28.1 Å². The van der Waals surface area contributed by atoms with Crippen molar-refractivity contribution in [3.63, 3.8) is 0 Å². The number of nitrogens with one attached hydrogen (secondary N) is 1. The molecule has 0 aromatic heterocycles. The molecule has 19 heavy (non-hydrogen) atoms. The first-order valence-corrected chi connectivity index (χ1v) is 6.82. The summed E-state index contributed by atoms with van der Waals surface area (Å²) >= 11 is 3.52. The monoisotopic (exact) mass is 326 g/mol. The minimum atomic E-state index is -1.03. The third-order valence-corrected chi connectivity index (χ3v) is 3.84. The van der Waals surface area contributed by atoms with E-state index in [0.29, 0.717) is 6.54 Å². The Labute approximate surface area is 119 Å². The normalized spacial score (nSPS) is 14.8. The standard InChI is InChI=1S/C13H15BrN2O3/c14-11-3-1-2-9-4-5-16(7-10(9)11)8-12(17)15-6-13(18)19/h1-3H,4-8H2,(H,15,17)(H,18,19). The molecule has 2 N–H and O–H groups in total. The van der Waals surface area contributed by atoms with E-state index in [1.54, 1.807) is 0 Å². The number of rotatable bonds is 4. The van der Waals surface area contributed by atoms with Crippen molar-refractivity contribution in [2.75, 3.05) is 19.6 Å². The molecule has 1 aromatic rings. The molecule has 1 aromatic carbocycles. The molecule has 6 heteroatoms. The highest BCUT2D eigenvalue weighted by atomic mass is 79.9. The van der Waals surface area contributed by atoms with Crippen LogP contribution in [0.1, 0.15) is 11.1 Å². The molecule has 2 rings (SSSR count). The zero-order valence-electron chi connectivity index (χ0n) is 10.4. The molecular weight excluding hydrogens is 312 g/mol. The summed E-state index contributed by atoms with van der Waals surface area (Å²) in [7, 11) is 0.